The molecule has 0 aromatic heterocycles. The van der Waals surface area contributed by atoms with Gasteiger partial charge in [-0.1, -0.05) is 17.7 Å². The van der Waals surface area contributed by atoms with Crippen LogP contribution in [0.1, 0.15) is 15.9 Å². The predicted molar refractivity (Wildman–Crippen MR) is 72.2 cm³/mol. The van der Waals surface area contributed by atoms with Gasteiger partial charge >= 0.3 is 0 Å². The molecule has 0 unspecified atom stereocenters. The zero-order chi connectivity index (χ0) is 14.0. The highest BCUT2D eigenvalue weighted by Gasteiger charge is 2.13. The smallest absolute Gasteiger partial charge is 0.259 e. The number of hydrogen-bond acceptors (Lipinski definition) is 2. The number of halogens is 2. The van der Waals surface area contributed by atoms with E-state index in [9.17, 15) is 14.3 Å². The number of anilines is 1. The number of nitrogens with one attached hydrogen (secondary N) is 1. The second-order valence-corrected chi connectivity index (χ2v) is 4.51. The number of aryl methyl sites for hydroxylation is 1. The molecule has 0 aliphatic rings. The Kier molecular flexibility index (Phi) is 3.71. The van der Waals surface area contributed by atoms with Crippen molar-refractivity contribution in [3.8, 4) is 5.75 Å². The summed E-state index contributed by atoms with van der Waals surface area (Å²) in [6.45, 7) is 1.88. The molecule has 0 saturated carbocycles. The van der Waals surface area contributed by atoms with Gasteiger partial charge in [0.1, 0.15) is 11.6 Å². The molecule has 0 aliphatic heterocycles. The lowest BCUT2D eigenvalue weighted by molar-refractivity contribution is 0.102. The predicted octanol–water partition coefficient (Wildman–Crippen LogP) is 3.75. The molecule has 0 atom stereocenters. The van der Waals surface area contributed by atoms with Crippen LogP contribution < -0.4 is 5.32 Å². The van der Waals surface area contributed by atoms with Crippen LogP contribution in [0.3, 0.4) is 0 Å². The van der Waals surface area contributed by atoms with E-state index in [1.165, 1.54) is 6.07 Å². The summed E-state index contributed by atoms with van der Waals surface area (Å²) in [5.74, 6) is -1.58. The minimum absolute atomic E-state index is 0.0157. The summed E-state index contributed by atoms with van der Waals surface area (Å²) in [4.78, 5) is 11.9. The maximum atomic E-state index is 12.8. The zero-order valence-electron chi connectivity index (χ0n) is 10.1. The van der Waals surface area contributed by atoms with Crippen LogP contribution in [-0.2, 0) is 0 Å². The third kappa shape index (κ3) is 3.03. The summed E-state index contributed by atoms with van der Waals surface area (Å²) >= 11 is 5.99. The third-order valence-corrected chi connectivity index (χ3v) is 2.89. The topological polar surface area (TPSA) is 49.3 Å². The molecule has 0 saturated heterocycles. The number of phenols is 1. The highest BCUT2D eigenvalue weighted by Crippen LogP contribution is 2.25. The SMILES string of the molecule is Cc1ccc(NC(=O)c2ccc(F)cc2O)c(Cl)c1. The summed E-state index contributed by atoms with van der Waals surface area (Å²) in [5.41, 5.74) is 1.38. The quantitative estimate of drug-likeness (QED) is 0.880. The molecular formula is C14H11ClFNO2. The summed E-state index contributed by atoms with van der Waals surface area (Å²) in [6, 6.07) is 8.36. The lowest BCUT2D eigenvalue weighted by Crippen LogP contribution is -2.12. The van der Waals surface area contributed by atoms with E-state index in [-0.39, 0.29) is 5.56 Å². The van der Waals surface area contributed by atoms with E-state index < -0.39 is 17.5 Å². The summed E-state index contributed by atoms with van der Waals surface area (Å²) < 4.78 is 12.8. The molecular weight excluding hydrogens is 269 g/mol. The minimum atomic E-state index is -0.609. The van der Waals surface area contributed by atoms with Crippen LogP contribution in [0.2, 0.25) is 5.02 Å². The summed E-state index contributed by atoms with van der Waals surface area (Å²) in [7, 11) is 0. The molecule has 0 fully saturated rings. The van der Waals surface area contributed by atoms with E-state index in [1.54, 1.807) is 18.2 Å². The van der Waals surface area contributed by atoms with Crippen LogP contribution in [0.15, 0.2) is 36.4 Å². The van der Waals surface area contributed by atoms with Gasteiger partial charge in [0.05, 0.1) is 16.3 Å². The Morgan fingerprint density at radius 1 is 1.26 bits per heavy atom. The number of amides is 1. The van der Waals surface area contributed by atoms with Gasteiger partial charge in [-0.2, -0.15) is 0 Å². The van der Waals surface area contributed by atoms with E-state index in [4.69, 9.17) is 11.6 Å². The van der Waals surface area contributed by atoms with Crippen LogP contribution >= 0.6 is 11.6 Å². The van der Waals surface area contributed by atoms with Crippen molar-refractivity contribution in [2.75, 3.05) is 5.32 Å². The first kappa shape index (κ1) is 13.4. The highest BCUT2D eigenvalue weighted by atomic mass is 35.5. The number of carbonyl (C=O) groups is 1. The van der Waals surface area contributed by atoms with Crippen molar-refractivity contribution < 1.29 is 14.3 Å². The van der Waals surface area contributed by atoms with Crippen LogP contribution in [0, 0.1) is 12.7 Å². The van der Waals surface area contributed by atoms with Gasteiger partial charge in [0.25, 0.3) is 5.91 Å². The van der Waals surface area contributed by atoms with Crippen molar-refractivity contribution in [1.82, 2.24) is 0 Å². The molecule has 2 N–H and O–H groups in total. The normalized spacial score (nSPS) is 10.3. The van der Waals surface area contributed by atoms with Gasteiger partial charge < -0.3 is 10.4 Å². The van der Waals surface area contributed by atoms with Gasteiger partial charge in [0.2, 0.25) is 0 Å². The molecule has 0 radical (unpaired) electrons. The van der Waals surface area contributed by atoms with Crippen molar-refractivity contribution in [3.63, 3.8) is 0 Å². The van der Waals surface area contributed by atoms with Crippen LogP contribution in [0.5, 0.6) is 5.75 Å². The Hall–Kier alpha value is -2.07. The fourth-order valence-corrected chi connectivity index (χ4v) is 1.89. The molecule has 2 aromatic rings. The van der Waals surface area contributed by atoms with E-state index in [0.717, 1.165) is 17.7 Å². The fourth-order valence-electron chi connectivity index (χ4n) is 1.61. The molecule has 0 heterocycles. The van der Waals surface area contributed by atoms with Crippen molar-refractivity contribution >= 4 is 23.2 Å². The van der Waals surface area contributed by atoms with Crippen molar-refractivity contribution in [2.45, 2.75) is 6.92 Å². The van der Waals surface area contributed by atoms with Gasteiger partial charge in [0, 0.05) is 6.07 Å². The number of phenolic OH excluding ortho intramolecular Hbond substituents is 1. The van der Waals surface area contributed by atoms with Crippen molar-refractivity contribution in [3.05, 3.63) is 58.4 Å². The average molecular weight is 280 g/mol. The van der Waals surface area contributed by atoms with Crippen LogP contribution in [0.25, 0.3) is 0 Å². The first-order valence-electron chi connectivity index (χ1n) is 5.53. The van der Waals surface area contributed by atoms with Gasteiger partial charge in [-0.05, 0) is 36.8 Å². The zero-order valence-corrected chi connectivity index (χ0v) is 10.8. The molecule has 3 nitrogen and oxygen atoms in total. The van der Waals surface area contributed by atoms with Gasteiger partial charge in [-0.3, -0.25) is 4.79 Å². The highest BCUT2D eigenvalue weighted by molar-refractivity contribution is 6.34. The monoisotopic (exact) mass is 279 g/mol. The molecule has 5 heteroatoms. The molecule has 98 valence electrons. The Bertz CT molecular complexity index is 643. The number of benzene rings is 2. The molecule has 2 aromatic carbocycles. The van der Waals surface area contributed by atoms with Gasteiger partial charge in [-0.25, -0.2) is 4.39 Å². The Labute approximate surface area is 114 Å². The maximum absolute atomic E-state index is 12.8. The second-order valence-electron chi connectivity index (χ2n) is 4.10. The van der Waals surface area contributed by atoms with E-state index >= 15 is 0 Å². The summed E-state index contributed by atoms with van der Waals surface area (Å²) in [5, 5.41) is 12.5. The minimum Gasteiger partial charge on any atom is -0.507 e. The number of aromatic hydroxyl groups is 1. The van der Waals surface area contributed by atoms with Crippen LogP contribution in [-0.4, -0.2) is 11.0 Å². The number of carbonyl (C=O) groups excluding carboxylic acids is 1. The van der Waals surface area contributed by atoms with Crippen molar-refractivity contribution in [2.24, 2.45) is 0 Å². The molecule has 2 rings (SSSR count). The molecule has 1 amide bonds. The average Bonchev–Trinajstić information content (AvgIpc) is 2.32. The Balaban J connectivity index is 2.25. The standard InChI is InChI=1S/C14H11ClFNO2/c1-8-2-5-12(11(15)6-8)17-14(19)10-4-3-9(16)7-13(10)18/h2-7,18H,1H3,(H,17,19). The van der Waals surface area contributed by atoms with Crippen LogP contribution in [0.4, 0.5) is 10.1 Å². The lowest BCUT2D eigenvalue weighted by atomic mass is 10.1. The van der Waals surface area contributed by atoms with Gasteiger partial charge in [0.15, 0.2) is 0 Å². The second kappa shape index (κ2) is 5.28. The van der Waals surface area contributed by atoms with Gasteiger partial charge in [-0.15, -0.1) is 0 Å². The number of hydrogen-bond donors (Lipinski definition) is 2. The molecule has 0 bridgehead atoms. The molecule has 19 heavy (non-hydrogen) atoms. The largest absolute Gasteiger partial charge is 0.507 e. The third-order valence-electron chi connectivity index (χ3n) is 2.58. The molecule has 0 aliphatic carbocycles. The summed E-state index contributed by atoms with van der Waals surface area (Å²) in [6.07, 6.45) is 0. The van der Waals surface area contributed by atoms with E-state index in [2.05, 4.69) is 5.32 Å². The van der Waals surface area contributed by atoms with Crippen molar-refractivity contribution in [1.29, 1.82) is 0 Å². The van der Waals surface area contributed by atoms with E-state index in [1.807, 2.05) is 6.92 Å². The first-order valence-corrected chi connectivity index (χ1v) is 5.91. The number of rotatable bonds is 2. The lowest BCUT2D eigenvalue weighted by Gasteiger charge is -2.09. The molecule has 0 spiro atoms. The first-order chi connectivity index (χ1) is 8.97. The Morgan fingerprint density at radius 3 is 2.63 bits per heavy atom. The van der Waals surface area contributed by atoms with E-state index in [0.29, 0.717) is 10.7 Å². The fraction of sp³-hybridized carbons (Fsp3) is 0.0714. The Morgan fingerprint density at radius 2 is 2.00 bits per heavy atom. The maximum Gasteiger partial charge on any atom is 0.259 e.